The van der Waals surface area contributed by atoms with Crippen molar-refractivity contribution in [2.45, 2.75) is 0 Å². The molecule has 4 heteroatoms. The Balaban J connectivity index is 1.99. The molecule has 0 saturated heterocycles. The highest BCUT2D eigenvalue weighted by atomic mass is 14.9. The summed E-state index contributed by atoms with van der Waals surface area (Å²) in [5, 5.41) is 22.2. The van der Waals surface area contributed by atoms with E-state index >= 15 is 0 Å². The van der Waals surface area contributed by atoms with Crippen molar-refractivity contribution in [3.8, 4) is 12.1 Å². The second-order valence-electron chi connectivity index (χ2n) is 4.53. The van der Waals surface area contributed by atoms with Gasteiger partial charge in [0.15, 0.2) is 0 Å². The van der Waals surface area contributed by atoms with E-state index in [-0.39, 0.29) is 0 Å². The van der Waals surface area contributed by atoms with Gasteiger partial charge in [-0.2, -0.15) is 10.5 Å². The number of anilines is 2. The molecule has 0 amide bonds. The van der Waals surface area contributed by atoms with Crippen molar-refractivity contribution in [1.29, 1.82) is 10.5 Å². The number of benzene rings is 2. The molecule has 0 fully saturated rings. The highest BCUT2D eigenvalue weighted by Gasteiger charge is 2.05. The van der Waals surface area contributed by atoms with E-state index in [2.05, 4.69) is 16.4 Å². The van der Waals surface area contributed by atoms with Crippen LogP contribution in [-0.4, -0.2) is 4.98 Å². The minimum Gasteiger partial charge on any atom is -0.353 e. The fraction of sp³-hybridized carbons (Fsp3) is 0. The van der Waals surface area contributed by atoms with Crippen LogP contribution in [0.15, 0.2) is 54.7 Å². The Morgan fingerprint density at radius 3 is 2.62 bits per heavy atom. The predicted molar refractivity (Wildman–Crippen MR) is 80.9 cm³/mol. The molecule has 3 aromatic rings. The average Bonchev–Trinajstić information content (AvgIpc) is 2.55. The Labute approximate surface area is 121 Å². The number of hydrogen-bond acceptors (Lipinski definition) is 4. The summed E-state index contributed by atoms with van der Waals surface area (Å²) in [4.78, 5) is 4.37. The van der Waals surface area contributed by atoms with Crippen molar-refractivity contribution in [1.82, 2.24) is 4.98 Å². The quantitative estimate of drug-likeness (QED) is 0.770. The second-order valence-corrected chi connectivity index (χ2v) is 4.53. The Kier molecular flexibility index (Phi) is 3.21. The van der Waals surface area contributed by atoms with E-state index in [4.69, 9.17) is 5.26 Å². The van der Waals surface area contributed by atoms with Gasteiger partial charge >= 0.3 is 0 Å². The van der Waals surface area contributed by atoms with Gasteiger partial charge in [-0.15, -0.1) is 0 Å². The lowest BCUT2D eigenvalue weighted by Gasteiger charge is -2.09. The first-order valence-electron chi connectivity index (χ1n) is 6.36. The molecule has 21 heavy (non-hydrogen) atoms. The van der Waals surface area contributed by atoms with Gasteiger partial charge in [0.2, 0.25) is 0 Å². The molecule has 1 heterocycles. The number of fused-ring (bicyclic) bond motifs is 1. The SMILES string of the molecule is N#Cc1ccc(Nc2cnc3ccccc3c2)c(C#N)c1. The summed E-state index contributed by atoms with van der Waals surface area (Å²) < 4.78 is 0. The van der Waals surface area contributed by atoms with E-state index in [1.54, 1.807) is 24.4 Å². The molecule has 1 N–H and O–H groups in total. The van der Waals surface area contributed by atoms with Crippen LogP contribution in [0.4, 0.5) is 11.4 Å². The molecule has 1 aromatic heterocycles. The number of hydrogen-bond donors (Lipinski definition) is 1. The van der Waals surface area contributed by atoms with E-state index in [9.17, 15) is 5.26 Å². The normalized spacial score (nSPS) is 9.81. The van der Waals surface area contributed by atoms with E-state index in [0.717, 1.165) is 16.6 Å². The van der Waals surface area contributed by atoms with Crippen LogP contribution in [0.3, 0.4) is 0 Å². The fourth-order valence-electron chi connectivity index (χ4n) is 2.11. The Hall–Kier alpha value is -3.37. The standard InChI is InChI=1S/C17H10N4/c18-9-12-5-6-17(14(7-12)10-19)21-15-8-13-3-1-2-4-16(13)20-11-15/h1-8,11,21H. The van der Waals surface area contributed by atoms with Crippen molar-refractivity contribution in [2.75, 3.05) is 5.32 Å². The minimum atomic E-state index is 0.433. The number of aromatic nitrogens is 1. The molecule has 0 spiro atoms. The fourth-order valence-corrected chi connectivity index (χ4v) is 2.11. The van der Waals surface area contributed by atoms with Crippen LogP contribution in [-0.2, 0) is 0 Å². The summed E-state index contributed by atoms with van der Waals surface area (Å²) in [6.07, 6.45) is 1.72. The van der Waals surface area contributed by atoms with Gasteiger partial charge in [0, 0.05) is 5.39 Å². The van der Waals surface area contributed by atoms with Crippen LogP contribution in [0.5, 0.6) is 0 Å². The first-order valence-corrected chi connectivity index (χ1v) is 6.36. The van der Waals surface area contributed by atoms with Crippen molar-refractivity contribution < 1.29 is 0 Å². The summed E-state index contributed by atoms with van der Waals surface area (Å²) in [6.45, 7) is 0. The molecular weight excluding hydrogens is 260 g/mol. The third-order valence-corrected chi connectivity index (χ3v) is 3.14. The summed E-state index contributed by atoms with van der Waals surface area (Å²) in [6, 6.07) is 18.9. The van der Waals surface area contributed by atoms with Gasteiger partial charge in [-0.05, 0) is 30.3 Å². The van der Waals surface area contributed by atoms with Gasteiger partial charge in [-0.1, -0.05) is 18.2 Å². The smallest absolute Gasteiger partial charge is 0.101 e. The van der Waals surface area contributed by atoms with Gasteiger partial charge in [-0.25, -0.2) is 0 Å². The van der Waals surface area contributed by atoms with Gasteiger partial charge in [0.05, 0.1) is 40.3 Å². The van der Waals surface area contributed by atoms with Crippen LogP contribution in [0, 0.1) is 22.7 Å². The van der Waals surface area contributed by atoms with Crippen molar-refractivity contribution >= 4 is 22.3 Å². The number of nitrogens with one attached hydrogen (secondary N) is 1. The highest BCUT2D eigenvalue weighted by Crippen LogP contribution is 2.23. The van der Waals surface area contributed by atoms with Crippen molar-refractivity contribution in [2.24, 2.45) is 0 Å². The number of nitriles is 2. The van der Waals surface area contributed by atoms with Crippen molar-refractivity contribution in [3.63, 3.8) is 0 Å². The van der Waals surface area contributed by atoms with E-state index < -0.39 is 0 Å². The molecule has 0 aliphatic carbocycles. The van der Waals surface area contributed by atoms with Gasteiger partial charge in [-0.3, -0.25) is 4.98 Å². The Morgan fingerprint density at radius 2 is 1.81 bits per heavy atom. The summed E-state index contributed by atoms with van der Waals surface area (Å²) >= 11 is 0. The number of rotatable bonds is 2. The van der Waals surface area contributed by atoms with Crippen LogP contribution >= 0.6 is 0 Å². The molecule has 0 aliphatic rings. The maximum absolute atomic E-state index is 9.17. The van der Waals surface area contributed by atoms with Gasteiger partial charge in [0.25, 0.3) is 0 Å². The first-order chi connectivity index (χ1) is 10.3. The molecule has 3 rings (SSSR count). The third-order valence-electron chi connectivity index (χ3n) is 3.14. The molecule has 0 bridgehead atoms. The van der Waals surface area contributed by atoms with Crippen molar-refractivity contribution in [3.05, 3.63) is 65.9 Å². The monoisotopic (exact) mass is 270 g/mol. The van der Waals surface area contributed by atoms with Crippen LogP contribution < -0.4 is 5.32 Å². The lowest BCUT2D eigenvalue weighted by atomic mass is 10.1. The van der Waals surface area contributed by atoms with Gasteiger partial charge in [0.1, 0.15) is 6.07 Å². The largest absolute Gasteiger partial charge is 0.353 e. The maximum Gasteiger partial charge on any atom is 0.101 e. The summed E-state index contributed by atoms with van der Waals surface area (Å²) in [5.74, 6) is 0. The van der Waals surface area contributed by atoms with E-state index in [0.29, 0.717) is 16.8 Å². The Morgan fingerprint density at radius 1 is 0.952 bits per heavy atom. The minimum absolute atomic E-state index is 0.433. The molecule has 4 nitrogen and oxygen atoms in total. The van der Waals surface area contributed by atoms with E-state index in [1.807, 2.05) is 36.4 Å². The zero-order chi connectivity index (χ0) is 14.7. The maximum atomic E-state index is 9.17. The summed E-state index contributed by atoms with van der Waals surface area (Å²) in [7, 11) is 0. The number of pyridine rings is 1. The topological polar surface area (TPSA) is 72.5 Å². The lowest BCUT2D eigenvalue weighted by molar-refractivity contribution is 1.38. The number of para-hydroxylation sites is 1. The second kappa shape index (κ2) is 5.32. The molecular formula is C17H10N4. The van der Waals surface area contributed by atoms with Gasteiger partial charge < -0.3 is 5.32 Å². The first kappa shape index (κ1) is 12.7. The molecule has 0 unspecified atom stereocenters. The van der Waals surface area contributed by atoms with Crippen LogP contribution in [0.2, 0.25) is 0 Å². The van der Waals surface area contributed by atoms with Crippen LogP contribution in [0.25, 0.3) is 10.9 Å². The molecule has 2 aromatic carbocycles. The third kappa shape index (κ3) is 2.51. The van der Waals surface area contributed by atoms with E-state index in [1.165, 1.54) is 0 Å². The molecule has 0 aliphatic heterocycles. The molecule has 0 radical (unpaired) electrons. The Bertz CT molecular complexity index is 901. The molecule has 0 atom stereocenters. The average molecular weight is 270 g/mol. The molecule has 98 valence electrons. The predicted octanol–water partition coefficient (Wildman–Crippen LogP) is 3.72. The zero-order valence-corrected chi connectivity index (χ0v) is 11.0. The number of nitrogens with zero attached hydrogens (tertiary/aromatic N) is 3. The zero-order valence-electron chi connectivity index (χ0n) is 11.0. The highest BCUT2D eigenvalue weighted by molar-refractivity contribution is 5.82. The lowest BCUT2D eigenvalue weighted by Crippen LogP contribution is -1.95. The summed E-state index contributed by atoms with van der Waals surface area (Å²) in [5.41, 5.74) is 3.28. The van der Waals surface area contributed by atoms with Crippen LogP contribution in [0.1, 0.15) is 11.1 Å². The molecule has 0 saturated carbocycles.